The molecule has 0 saturated carbocycles. The van der Waals surface area contributed by atoms with Gasteiger partial charge >= 0.3 is 6.18 Å². The Hall–Kier alpha value is -1.59. The maximum absolute atomic E-state index is 12.2. The van der Waals surface area contributed by atoms with Crippen LogP contribution >= 0.6 is 0 Å². The fourth-order valence-electron chi connectivity index (χ4n) is 0.986. The smallest absolute Gasteiger partial charge is 0.335 e. The van der Waals surface area contributed by atoms with Crippen LogP contribution in [0, 0.1) is 0 Å². The first-order valence-corrected chi connectivity index (χ1v) is 3.36. The molecule has 0 aliphatic rings. The van der Waals surface area contributed by atoms with Crippen molar-refractivity contribution in [1.82, 2.24) is 10.1 Å². The van der Waals surface area contributed by atoms with Crippen LogP contribution < -0.4 is 0 Å². The molecule has 0 fully saturated rings. The van der Waals surface area contributed by atoms with E-state index in [1.165, 1.54) is 18.3 Å². The summed E-state index contributed by atoms with van der Waals surface area (Å²) >= 11 is 0. The molecule has 68 valence electrons. The van der Waals surface area contributed by atoms with Crippen molar-refractivity contribution in [2.24, 2.45) is 0 Å². The summed E-state index contributed by atoms with van der Waals surface area (Å²) in [5.41, 5.74) is -1.13. The molecule has 0 unspecified atom stereocenters. The third-order valence-electron chi connectivity index (χ3n) is 1.52. The zero-order chi connectivity index (χ0) is 9.47. The lowest BCUT2D eigenvalue weighted by molar-refractivity contribution is -0.141. The fraction of sp³-hybridized carbons (Fsp3) is 0.143. The Morgan fingerprint density at radius 3 is 2.77 bits per heavy atom. The number of alkyl halides is 3. The Bertz CT molecular complexity index is 434. The van der Waals surface area contributed by atoms with Crippen LogP contribution in [0.4, 0.5) is 13.2 Å². The lowest BCUT2D eigenvalue weighted by Crippen LogP contribution is -2.05. The molecule has 0 aliphatic heterocycles. The van der Waals surface area contributed by atoms with Crippen LogP contribution in [-0.4, -0.2) is 10.1 Å². The lowest BCUT2D eigenvalue weighted by atomic mass is 10.2. The SMILES string of the molecule is FC(F)(F)c1noc2ncccc12. The molecule has 3 nitrogen and oxygen atoms in total. The van der Waals surface area contributed by atoms with Crippen molar-refractivity contribution >= 4 is 11.1 Å². The minimum Gasteiger partial charge on any atom is -0.335 e. The van der Waals surface area contributed by atoms with E-state index in [0.717, 1.165) is 0 Å². The highest BCUT2D eigenvalue weighted by atomic mass is 19.4. The third-order valence-corrected chi connectivity index (χ3v) is 1.52. The molecule has 6 heteroatoms. The number of aromatic nitrogens is 2. The molecule has 2 rings (SSSR count). The standard InChI is InChI=1S/C7H3F3N2O/c8-7(9,10)5-4-2-1-3-11-6(4)13-12-5/h1-3H. The van der Waals surface area contributed by atoms with E-state index in [1.807, 2.05) is 0 Å². The summed E-state index contributed by atoms with van der Waals surface area (Å²) in [6.45, 7) is 0. The second kappa shape index (κ2) is 2.45. The Morgan fingerprint density at radius 1 is 1.31 bits per heavy atom. The summed E-state index contributed by atoms with van der Waals surface area (Å²) in [7, 11) is 0. The minimum absolute atomic E-state index is 0.102. The molecule has 0 aliphatic carbocycles. The molecule has 0 amide bonds. The molecular weight excluding hydrogens is 185 g/mol. The molecule has 0 spiro atoms. The summed E-state index contributed by atoms with van der Waals surface area (Å²) in [5.74, 6) is 0. The summed E-state index contributed by atoms with van der Waals surface area (Å²) in [5, 5.41) is 2.79. The molecule has 13 heavy (non-hydrogen) atoms. The molecule has 0 N–H and O–H groups in total. The Balaban J connectivity index is 2.72. The number of fused-ring (bicyclic) bond motifs is 1. The van der Waals surface area contributed by atoms with Gasteiger partial charge in [-0.05, 0) is 12.1 Å². The molecule has 2 heterocycles. The van der Waals surface area contributed by atoms with Crippen LogP contribution in [0.2, 0.25) is 0 Å². The highest BCUT2D eigenvalue weighted by Crippen LogP contribution is 2.32. The first-order valence-electron chi connectivity index (χ1n) is 3.36. The van der Waals surface area contributed by atoms with E-state index in [0.29, 0.717) is 0 Å². The maximum Gasteiger partial charge on any atom is 0.437 e. The summed E-state index contributed by atoms with van der Waals surface area (Å²) in [4.78, 5) is 3.59. The van der Waals surface area contributed by atoms with Gasteiger partial charge in [0.25, 0.3) is 5.71 Å². The minimum atomic E-state index is -4.49. The van der Waals surface area contributed by atoms with E-state index in [2.05, 4.69) is 14.7 Å². The average molecular weight is 188 g/mol. The van der Waals surface area contributed by atoms with Crippen molar-refractivity contribution in [3.63, 3.8) is 0 Å². The van der Waals surface area contributed by atoms with Gasteiger partial charge in [-0.2, -0.15) is 13.2 Å². The number of hydrogen-bond donors (Lipinski definition) is 0. The van der Waals surface area contributed by atoms with Gasteiger partial charge in [-0.25, -0.2) is 4.98 Å². The zero-order valence-electron chi connectivity index (χ0n) is 6.17. The summed E-state index contributed by atoms with van der Waals surface area (Å²) in [6, 6.07) is 2.66. The first kappa shape index (κ1) is 8.03. The highest BCUT2D eigenvalue weighted by molar-refractivity contribution is 5.75. The van der Waals surface area contributed by atoms with Crippen LogP contribution in [0.1, 0.15) is 5.69 Å². The van der Waals surface area contributed by atoms with E-state index in [4.69, 9.17) is 0 Å². The second-order valence-electron chi connectivity index (χ2n) is 2.39. The van der Waals surface area contributed by atoms with Gasteiger partial charge in [0.1, 0.15) is 0 Å². The van der Waals surface area contributed by atoms with Crippen LogP contribution in [0.25, 0.3) is 11.1 Å². The second-order valence-corrected chi connectivity index (χ2v) is 2.39. The molecule has 0 bridgehead atoms. The molecule has 0 radical (unpaired) electrons. The van der Waals surface area contributed by atoms with Gasteiger partial charge in [-0.1, -0.05) is 5.16 Å². The number of hydrogen-bond acceptors (Lipinski definition) is 3. The van der Waals surface area contributed by atoms with Crippen LogP contribution in [-0.2, 0) is 6.18 Å². The summed E-state index contributed by atoms with van der Waals surface area (Å²) < 4.78 is 41.0. The Labute approximate surface area is 70.2 Å². The Kier molecular flexibility index (Phi) is 1.51. The third kappa shape index (κ3) is 1.24. The number of nitrogens with zero attached hydrogens (tertiary/aromatic N) is 2. The lowest BCUT2D eigenvalue weighted by Gasteiger charge is -1.99. The van der Waals surface area contributed by atoms with Crippen LogP contribution in [0.3, 0.4) is 0 Å². The van der Waals surface area contributed by atoms with Gasteiger partial charge in [0.15, 0.2) is 5.69 Å². The van der Waals surface area contributed by atoms with E-state index < -0.39 is 11.9 Å². The highest BCUT2D eigenvalue weighted by Gasteiger charge is 2.37. The monoisotopic (exact) mass is 188 g/mol. The normalized spacial score (nSPS) is 12.2. The van der Waals surface area contributed by atoms with Crippen molar-refractivity contribution in [3.05, 3.63) is 24.0 Å². The quantitative estimate of drug-likeness (QED) is 0.636. The first-order chi connectivity index (χ1) is 6.09. The number of pyridine rings is 1. The topological polar surface area (TPSA) is 38.9 Å². The van der Waals surface area contributed by atoms with E-state index >= 15 is 0 Å². The van der Waals surface area contributed by atoms with Gasteiger partial charge < -0.3 is 4.52 Å². The summed E-state index contributed by atoms with van der Waals surface area (Å²) in [6.07, 6.45) is -3.15. The molecule has 0 aromatic carbocycles. The van der Waals surface area contributed by atoms with Gasteiger partial charge in [-0.3, -0.25) is 0 Å². The van der Waals surface area contributed by atoms with Gasteiger partial charge in [-0.15, -0.1) is 0 Å². The van der Waals surface area contributed by atoms with Crippen molar-refractivity contribution in [2.45, 2.75) is 6.18 Å². The van der Waals surface area contributed by atoms with Crippen molar-refractivity contribution in [1.29, 1.82) is 0 Å². The van der Waals surface area contributed by atoms with Gasteiger partial charge in [0, 0.05) is 6.20 Å². The Morgan fingerprint density at radius 2 is 2.08 bits per heavy atom. The average Bonchev–Trinajstić information content (AvgIpc) is 2.45. The molecule has 0 atom stereocenters. The van der Waals surface area contributed by atoms with Crippen LogP contribution in [0.15, 0.2) is 22.9 Å². The van der Waals surface area contributed by atoms with Crippen molar-refractivity contribution in [2.75, 3.05) is 0 Å². The molecular formula is C7H3F3N2O. The van der Waals surface area contributed by atoms with E-state index in [1.54, 1.807) is 0 Å². The van der Waals surface area contributed by atoms with Crippen LogP contribution in [0.5, 0.6) is 0 Å². The van der Waals surface area contributed by atoms with E-state index in [9.17, 15) is 13.2 Å². The van der Waals surface area contributed by atoms with Crippen molar-refractivity contribution in [3.8, 4) is 0 Å². The van der Waals surface area contributed by atoms with Gasteiger partial charge in [0.2, 0.25) is 0 Å². The van der Waals surface area contributed by atoms with E-state index in [-0.39, 0.29) is 11.1 Å². The fourth-order valence-corrected chi connectivity index (χ4v) is 0.986. The molecule has 0 saturated heterocycles. The van der Waals surface area contributed by atoms with Gasteiger partial charge in [0.05, 0.1) is 5.39 Å². The number of rotatable bonds is 0. The molecule has 2 aromatic heterocycles. The molecule has 2 aromatic rings. The maximum atomic E-state index is 12.2. The number of halogens is 3. The largest absolute Gasteiger partial charge is 0.437 e. The van der Waals surface area contributed by atoms with Crippen molar-refractivity contribution < 1.29 is 17.7 Å². The zero-order valence-corrected chi connectivity index (χ0v) is 6.17. The predicted molar refractivity (Wildman–Crippen MR) is 36.8 cm³/mol. The predicted octanol–water partition coefficient (Wildman–Crippen LogP) is 2.24.